The van der Waals surface area contributed by atoms with E-state index in [1.807, 2.05) is 42.5 Å². The van der Waals surface area contributed by atoms with E-state index in [4.69, 9.17) is 19.7 Å². The largest absolute Gasteiger partial charge is 0.490 e. The quantitative estimate of drug-likeness (QED) is 0.562. The Morgan fingerprint density at radius 1 is 1.00 bits per heavy atom. The Balaban J connectivity index is 1.34. The van der Waals surface area contributed by atoms with Gasteiger partial charge in [0, 0.05) is 6.08 Å². The van der Waals surface area contributed by atoms with E-state index in [2.05, 4.69) is 18.8 Å². The molecule has 4 rings (SSSR count). The number of allylic oxidation sites excluding steroid dienone is 1. The zero-order chi connectivity index (χ0) is 22.0. The van der Waals surface area contributed by atoms with Gasteiger partial charge in [0.25, 0.3) is 5.91 Å². The van der Waals surface area contributed by atoms with E-state index in [1.54, 1.807) is 19.1 Å². The molecule has 2 heterocycles. The van der Waals surface area contributed by atoms with Gasteiger partial charge in [0.1, 0.15) is 30.5 Å². The summed E-state index contributed by atoms with van der Waals surface area (Å²) in [4.78, 5) is 21.7. The molecule has 31 heavy (non-hydrogen) atoms. The van der Waals surface area contributed by atoms with Crippen molar-refractivity contribution < 1.29 is 19.1 Å². The van der Waals surface area contributed by atoms with Gasteiger partial charge in [-0.1, -0.05) is 18.2 Å². The monoisotopic (exact) mass is 417 g/mol. The molecule has 0 radical (unpaired) electrons. The lowest BCUT2D eigenvalue weighted by Gasteiger charge is -2.22. The molecule has 0 atom stereocenters. The summed E-state index contributed by atoms with van der Waals surface area (Å²) in [5.41, 5.74) is 3.35. The highest BCUT2D eigenvalue weighted by molar-refractivity contribution is 6.32. The minimum atomic E-state index is -0.463. The van der Waals surface area contributed by atoms with Crippen molar-refractivity contribution in [2.45, 2.75) is 20.8 Å². The van der Waals surface area contributed by atoms with E-state index < -0.39 is 5.91 Å². The maximum absolute atomic E-state index is 12.3. The number of nitrogens with zero attached hydrogens (tertiary/aromatic N) is 2. The number of nitrogens with one attached hydrogen (secondary N) is 1. The molecular formula is C24H23N3O4. The molecule has 7 heteroatoms. The molecule has 2 aromatic carbocycles. The first kappa shape index (κ1) is 20.4. The van der Waals surface area contributed by atoms with Gasteiger partial charge >= 0.3 is 0 Å². The summed E-state index contributed by atoms with van der Waals surface area (Å²) in [5.74, 6) is 1.93. The smallest absolute Gasteiger partial charge is 0.282 e. The molecule has 2 aliphatic rings. The molecule has 0 aliphatic carbocycles. The predicted molar refractivity (Wildman–Crippen MR) is 118 cm³/mol. The zero-order valence-corrected chi connectivity index (χ0v) is 17.6. The van der Waals surface area contributed by atoms with Gasteiger partial charge in [-0.3, -0.25) is 10.2 Å². The van der Waals surface area contributed by atoms with Crippen LogP contribution in [0.1, 0.15) is 23.6 Å². The maximum Gasteiger partial charge on any atom is 0.282 e. The highest BCUT2D eigenvalue weighted by atomic mass is 16.7. The first-order chi connectivity index (χ1) is 14.9. The second-order valence-corrected chi connectivity index (χ2v) is 7.33. The number of fused-ring (bicyclic) bond motifs is 1. The molecule has 1 N–H and O–H groups in total. The number of hydroxylamine groups is 2. The van der Waals surface area contributed by atoms with Crippen LogP contribution in [-0.2, 0) is 9.63 Å². The van der Waals surface area contributed by atoms with E-state index in [1.165, 1.54) is 16.2 Å². The van der Waals surface area contributed by atoms with Gasteiger partial charge in [0.05, 0.1) is 5.57 Å². The number of rotatable bonds is 6. The molecule has 0 unspecified atom stereocenters. The average Bonchev–Trinajstić information content (AvgIpc) is 3.12. The fourth-order valence-electron chi connectivity index (χ4n) is 3.15. The first-order valence-electron chi connectivity index (χ1n) is 9.93. The fraction of sp³-hybridized carbons (Fsp3) is 0.208. The number of hydrogen-bond donors (Lipinski definition) is 1. The second-order valence-electron chi connectivity index (χ2n) is 7.33. The average molecular weight is 417 g/mol. The molecule has 2 aliphatic heterocycles. The lowest BCUT2D eigenvalue weighted by atomic mass is 10.1. The normalized spacial score (nSPS) is 16.6. The number of carbonyl (C=O) groups excluding carboxylic acids is 1. The molecule has 158 valence electrons. The molecule has 0 saturated heterocycles. The molecule has 0 spiro atoms. The van der Waals surface area contributed by atoms with Crippen molar-refractivity contribution in [3.8, 4) is 11.5 Å². The molecule has 1 amide bonds. The van der Waals surface area contributed by atoms with Gasteiger partial charge in [-0.25, -0.2) is 0 Å². The van der Waals surface area contributed by atoms with Crippen LogP contribution in [0.25, 0.3) is 6.08 Å². The van der Waals surface area contributed by atoms with E-state index >= 15 is 0 Å². The molecule has 7 nitrogen and oxygen atoms in total. The van der Waals surface area contributed by atoms with Crippen LogP contribution in [-0.4, -0.2) is 35.9 Å². The maximum atomic E-state index is 12.3. The number of amides is 1. The third kappa shape index (κ3) is 4.50. The van der Waals surface area contributed by atoms with Crippen LogP contribution in [0.5, 0.6) is 11.5 Å². The molecule has 0 saturated carbocycles. The summed E-state index contributed by atoms with van der Waals surface area (Å²) in [7, 11) is 0. The number of aliphatic imine (C=N–C) groups is 1. The van der Waals surface area contributed by atoms with Crippen LogP contribution < -0.4 is 9.47 Å². The summed E-state index contributed by atoms with van der Waals surface area (Å²) in [6.07, 6.45) is 3.24. The van der Waals surface area contributed by atoms with Crippen LogP contribution in [0.15, 0.2) is 64.9 Å². The van der Waals surface area contributed by atoms with Gasteiger partial charge in [0.2, 0.25) is 0 Å². The van der Waals surface area contributed by atoms with Crippen molar-refractivity contribution in [2.24, 2.45) is 4.99 Å². The van der Waals surface area contributed by atoms with Gasteiger partial charge < -0.3 is 14.3 Å². The number of carbonyl (C=O) groups is 1. The summed E-state index contributed by atoms with van der Waals surface area (Å²) < 4.78 is 11.5. The van der Waals surface area contributed by atoms with Gasteiger partial charge in [-0.05, 0) is 67.8 Å². The Morgan fingerprint density at radius 3 is 2.39 bits per heavy atom. The Bertz CT molecular complexity index is 1130. The number of amidine groups is 2. The summed E-state index contributed by atoms with van der Waals surface area (Å²) in [5, 5.41) is 9.50. The Morgan fingerprint density at radius 2 is 1.68 bits per heavy atom. The fourth-order valence-corrected chi connectivity index (χ4v) is 3.15. The third-order valence-electron chi connectivity index (χ3n) is 4.97. The predicted octanol–water partition coefficient (Wildman–Crippen LogP) is 4.21. The van der Waals surface area contributed by atoms with Gasteiger partial charge in [-0.15, -0.1) is 5.06 Å². The highest BCUT2D eigenvalue weighted by Crippen LogP contribution is 2.24. The van der Waals surface area contributed by atoms with Crippen molar-refractivity contribution in [1.29, 1.82) is 5.41 Å². The minimum Gasteiger partial charge on any atom is -0.490 e. The van der Waals surface area contributed by atoms with Crippen LogP contribution in [0, 0.1) is 19.3 Å². The molecule has 0 bridgehead atoms. The van der Waals surface area contributed by atoms with E-state index in [9.17, 15) is 4.79 Å². The lowest BCUT2D eigenvalue weighted by Crippen LogP contribution is -2.38. The van der Waals surface area contributed by atoms with Crippen LogP contribution in [0.2, 0.25) is 0 Å². The molecule has 0 fully saturated rings. The standard InChI is InChI=1S/C24H23N3O4/c1-15-4-7-20(12-16(15)2)30-11-10-29-19-8-5-18(6-9-19)14-21-23(25)27-22(26-24(21)28)13-17(3)31-27/h4-9,12-14,25H,10-11H2,1-3H3/b21-14-,25-23?. The van der Waals surface area contributed by atoms with Crippen LogP contribution >= 0.6 is 0 Å². The van der Waals surface area contributed by atoms with Crippen LogP contribution in [0.4, 0.5) is 0 Å². The Labute approximate surface area is 180 Å². The lowest BCUT2D eigenvalue weighted by molar-refractivity contribution is -0.114. The van der Waals surface area contributed by atoms with Crippen molar-refractivity contribution in [1.82, 2.24) is 5.06 Å². The van der Waals surface area contributed by atoms with Crippen molar-refractivity contribution in [3.63, 3.8) is 0 Å². The molecule has 0 aromatic heterocycles. The van der Waals surface area contributed by atoms with Crippen molar-refractivity contribution in [3.05, 3.63) is 76.6 Å². The van der Waals surface area contributed by atoms with E-state index in [0.717, 1.165) is 11.3 Å². The Hall–Kier alpha value is -3.87. The summed E-state index contributed by atoms with van der Waals surface area (Å²) in [6, 6.07) is 13.3. The topological polar surface area (TPSA) is 84.2 Å². The van der Waals surface area contributed by atoms with Crippen LogP contribution in [0.3, 0.4) is 0 Å². The number of hydrogen-bond acceptors (Lipinski definition) is 5. The summed E-state index contributed by atoms with van der Waals surface area (Å²) in [6.45, 7) is 6.71. The SMILES string of the molecule is CC1=CC2=NC(=O)/C(=C\c3ccc(OCCOc4ccc(C)c(C)c4)cc3)C(=N)N2O1. The van der Waals surface area contributed by atoms with Crippen molar-refractivity contribution >= 4 is 23.7 Å². The number of benzene rings is 2. The summed E-state index contributed by atoms with van der Waals surface area (Å²) >= 11 is 0. The highest BCUT2D eigenvalue weighted by Gasteiger charge is 2.34. The first-order valence-corrected chi connectivity index (χ1v) is 9.93. The van der Waals surface area contributed by atoms with E-state index in [0.29, 0.717) is 30.6 Å². The van der Waals surface area contributed by atoms with Gasteiger partial charge in [-0.2, -0.15) is 4.99 Å². The number of aryl methyl sites for hydroxylation is 2. The van der Waals surface area contributed by atoms with E-state index in [-0.39, 0.29) is 11.4 Å². The second kappa shape index (κ2) is 8.47. The number of ether oxygens (including phenoxy) is 2. The van der Waals surface area contributed by atoms with Crippen molar-refractivity contribution in [2.75, 3.05) is 13.2 Å². The minimum absolute atomic E-state index is 0.0353. The Kier molecular flexibility index (Phi) is 5.58. The zero-order valence-electron chi connectivity index (χ0n) is 17.6. The molecular weight excluding hydrogens is 394 g/mol. The molecule has 2 aromatic rings. The van der Waals surface area contributed by atoms with Gasteiger partial charge in [0.15, 0.2) is 11.7 Å². The third-order valence-corrected chi connectivity index (χ3v) is 4.97.